The van der Waals surface area contributed by atoms with Crippen LogP contribution in [-0.4, -0.2) is 61.5 Å². The van der Waals surface area contributed by atoms with Crippen molar-refractivity contribution in [3.05, 3.63) is 24.3 Å². The number of hydrogen-bond acceptors (Lipinski definition) is 4. The standard InChI is InChI=1S/C20H31N3O3/c1-4-26-17-7-5-6-16(10-17)23-13-15-11-20(2,3)18(23)14-22(12-15)19(25)21-8-9-24/h5-7,10,15,18,24H,4,8-9,11-14H2,1-3H3,(H,21,25)/t15-,18?/m1/s1. The number of hydrogen-bond donors (Lipinski definition) is 2. The molecule has 2 amide bonds. The molecule has 26 heavy (non-hydrogen) atoms. The van der Waals surface area contributed by atoms with E-state index in [-0.39, 0.29) is 24.1 Å². The highest BCUT2D eigenvalue weighted by Gasteiger charge is 2.46. The van der Waals surface area contributed by atoms with Crippen molar-refractivity contribution in [2.45, 2.75) is 33.2 Å². The number of anilines is 1. The minimum atomic E-state index is -0.0725. The fourth-order valence-corrected chi connectivity index (χ4v) is 4.48. The van der Waals surface area contributed by atoms with Gasteiger partial charge in [0.1, 0.15) is 5.75 Å². The minimum absolute atomic E-state index is 0.0335. The Morgan fingerprint density at radius 3 is 2.88 bits per heavy atom. The maximum atomic E-state index is 12.5. The molecule has 6 heteroatoms. The molecule has 1 aromatic rings. The van der Waals surface area contributed by atoms with E-state index in [9.17, 15) is 4.79 Å². The molecule has 3 fully saturated rings. The zero-order valence-corrected chi connectivity index (χ0v) is 16.1. The van der Waals surface area contributed by atoms with E-state index in [2.05, 4.69) is 36.2 Å². The third kappa shape index (κ3) is 3.90. The summed E-state index contributed by atoms with van der Waals surface area (Å²) >= 11 is 0. The molecular weight excluding hydrogens is 330 g/mol. The van der Waals surface area contributed by atoms with Gasteiger partial charge < -0.3 is 25.0 Å². The summed E-state index contributed by atoms with van der Waals surface area (Å²) in [5.41, 5.74) is 1.28. The van der Waals surface area contributed by atoms with Crippen LogP contribution < -0.4 is 15.0 Å². The van der Waals surface area contributed by atoms with Crippen molar-refractivity contribution in [3.63, 3.8) is 0 Å². The van der Waals surface area contributed by atoms with Crippen LogP contribution in [0.4, 0.5) is 10.5 Å². The Balaban J connectivity index is 1.85. The summed E-state index contributed by atoms with van der Waals surface area (Å²) in [4.78, 5) is 16.9. The molecule has 0 radical (unpaired) electrons. The van der Waals surface area contributed by atoms with Gasteiger partial charge in [-0.2, -0.15) is 0 Å². The number of aliphatic hydroxyl groups excluding tert-OH is 1. The van der Waals surface area contributed by atoms with Crippen LogP contribution >= 0.6 is 0 Å². The first kappa shape index (κ1) is 18.8. The van der Waals surface area contributed by atoms with E-state index in [0.717, 1.165) is 30.9 Å². The molecule has 0 spiro atoms. The van der Waals surface area contributed by atoms with Gasteiger partial charge in [-0.3, -0.25) is 0 Å². The Morgan fingerprint density at radius 2 is 2.15 bits per heavy atom. The number of piperidine rings is 1. The van der Waals surface area contributed by atoms with E-state index in [1.54, 1.807) is 0 Å². The number of benzene rings is 1. The molecule has 3 aliphatic heterocycles. The van der Waals surface area contributed by atoms with Crippen molar-refractivity contribution in [1.82, 2.24) is 10.2 Å². The highest BCUT2D eigenvalue weighted by atomic mass is 16.5. The molecule has 4 rings (SSSR count). The van der Waals surface area contributed by atoms with Gasteiger partial charge in [-0.1, -0.05) is 19.9 Å². The Labute approximate surface area is 156 Å². The first-order chi connectivity index (χ1) is 12.4. The molecule has 2 atom stereocenters. The van der Waals surface area contributed by atoms with E-state index < -0.39 is 0 Å². The van der Waals surface area contributed by atoms with Crippen LogP contribution in [0.2, 0.25) is 0 Å². The molecule has 1 unspecified atom stereocenters. The number of ether oxygens (including phenoxy) is 1. The Kier molecular flexibility index (Phi) is 5.61. The van der Waals surface area contributed by atoms with Gasteiger partial charge in [-0.05, 0) is 36.8 Å². The first-order valence-corrected chi connectivity index (χ1v) is 9.57. The fraction of sp³-hybridized carbons (Fsp3) is 0.650. The number of nitrogens with zero attached hydrogens (tertiary/aromatic N) is 2. The van der Waals surface area contributed by atoms with Crippen LogP contribution in [0, 0.1) is 11.3 Å². The summed E-state index contributed by atoms with van der Waals surface area (Å²) in [6.45, 7) is 9.93. The molecule has 3 saturated heterocycles. The lowest BCUT2D eigenvalue weighted by Gasteiger charge is -2.48. The highest BCUT2D eigenvalue weighted by molar-refractivity contribution is 5.74. The Hall–Kier alpha value is -1.95. The lowest BCUT2D eigenvalue weighted by Crippen LogP contribution is -2.54. The lowest BCUT2D eigenvalue weighted by molar-refractivity contribution is 0.185. The number of aliphatic hydroxyl groups is 1. The molecular formula is C20H31N3O3. The molecule has 0 aliphatic carbocycles. The van der Waals surface area contributed by atoms with Crippen LogP contribution in [0.25, 0.3) is 0 Å². The molecule has 6 nitrogen and oxygen atoms in total. The van der Waals surface area contributed by atoms with E-state index in [1.165, 1.54) is 0 Å². The zero-order chi connectivity index (χ0) is 18.7. The van der Waals surface area contributed by atoms with Crippen molar-refractivity contribution in [3.8, 4) is 5.75 Å². The Morgan fingerprint density at radius 1 is 1.35 bits per heavy atom. The molecule has 0 aromatic heterocycles. The average molecular weight is 361 g/mol. The zero-order valence-electron chi connectivity index (χ0n) is 16.1. The smallest absolute Gasteiger partial charge is 0.317 e. The number of urea groups is 1. The van der Waals surface area contributed by atoms with E-state index in [0.29, 0.717) is 25.6 Å². The number of carbonyl (C=O) groups is 1. The summed E-state index contributed by atoms with van der Waals surface area (Å²) in [5.74, 6) is 1.32. The van der Waals surface area contributed by atoms with Gasteiger partial charge in [0.2, 0.25) is 0 Å². The van der Waals surface area contributed by atoms with Gasteiger partial charge >= 0.3 is 6.03 Å². The van der Waals surface area contributed by atoms with Crippen molar-refractivity contribution >= 4 is 11.7 Å². The third-order valence-corrected chi connectivity index (χ3v) is 5.56. The molecule has 3 aliphatic rings. The van der Waals surface area contributed by atoms with E-state index >= 15 is 0 Å². The summed E-state index contributed by atoms with van der Waals surface area (Å²) in [5, 5.41) is 11.8. The number of amides is 2. The van der Waals surface area contributed by atoms with E-state index in [1.807, 2.05) is 24.0 Å². The summed E-state index contributed by atoms with van der Waals surface area (Å²) in [7, 11) is 0. The van der Waals surface area contributed by atoms with Gasteiger partial charge in [0, 0.05) is 37.9 Å². The fourth-order valence-electron chi connectivity index (χ4n) is 4.48. The number of carbonyl (C=O) groups excluding carboxylic acids is 1. The topological polar surface area (TPSA) is 65.0 Å². The maximum Gasteiger partial charge on any atom is 0.317 e. The third-order valence-electron chi connectivity index (χ3n) is 5.56. The van der Waals surface area contributed by atoms with Gasteiger partial charge in [-0.15, -0.1) is 0 Å². The first-order valence-electron chi connectivity index (χ1n) is 9.57. The second-order valence-electron chi connectivity index (χ2n) is 8.02. The Bertz CT molecular complexity index is 634. The minimum Gasteiger partial charge on any atom is -0.494 e. The average Bonchev–Trinajstić information content (AvgIpc) is 2.87. The molecule has 2 N–H and O–H groups in total. The summed E-state index contributed by atoms with van der Waals surface area (Å²) in [6, 6.07) is 8.45. The quantitative estimate of drug-likeness (QED) is 0.845. The molecule has 2 bridgehead atoms. The van der Waals surface area contributed by atoms with Crippen molar-refractivity contribution < 1.29 is 14.6 Å². The second-order valence-corrected chi connectivity index (χ2v) is 8.02. The van der Waals surface area contributed by atoms with E-state index in [4.69, 9.17) is 9.84 Å². The maximum absolute atomic E-state index is 12.5. The van der Waals surface area contributed by atoms with Crippen molar-refractivity contribution in [2.75, 3.05) is 44.3 Å². The van der Waals surface area contributed by atoms with Gasteiger partial charge in [0.15, 0.2) is 0 Å². The number of nitrogens with one attached hydrogen (secondary N) is 1. The SMILES string of the molecule is CCOc1cccc(N2C[C@H]3CN(C(=O)NCCO)CC2C(C)(C)C3)c1. The molecule has 0 saturated carbocycles. The normalized spacial score (nSPS) is 24.3. The molecule has 144 valence electrons. The van der Waals surface area contributed by atoms with Crippen LogP contribution in [0.3, 0.4) is 0 Å². The van der Waals surface area contributed by atoms with Crippen LogP contribution in [0.5, 0.6) is 5.75 Å². The largest absolute Gasteiger partial charge is 0.494 e. The lowest BCUT2D eigenvalue weighted by atomic mass is 9.73. The van der Waals surface area contributed by atoms with Gasteiger partial charge in [0.05, 0.1) is 19.3 Å². The van der Waals surface area contributed by atoms with Crippen molar-refractivity contribution in [2.24, 2.45) is 11.3 Å². The van der Waals surface area contributed by atoms with Crippen LogP contribution in [0.15, 0.2) is 24.3 Å². The van der Waals surface area contributed by atoms with Gasteiger partial charge in [-0.25, -0.2) is 4.79 Å². The predicted molar refractivity (Wildman–Crippen MR) is 103 cm³/mol. The molecule has 3 heterocycles. The van der Waals surface area contributed by atoms with Crippen LogP contribution in [-0.2, 0) is 0 Å². The predicted octanol–water partition coefficient (Wildman–Crippen LogP) is 2.32. The summed E-state index contributed by atoms with van der Waals surface area (Å²) in [6.07, 6.45) is 1.11. The highest BCUT2D eigenvalue weighted by Crippen LogP contribution is 2.43. The number of rotatable bonds is 5. The number of fused-ring (bicyclic) bond motifs is 4. The second kappa shape index (κ2) is 7.74. The molecule has 1 aromatic carbocycles. The van der Waals surface area contributed by atoms with Crippen LogP contribution in [0.1, 0.15) is 27.2 Å². The van der Waals surface area contributed by atoms with Crippen molar-refractivity contribution in [1.29, 1.82) is 0 Å². The van der Waals surface area contributed by atoms with Gasteiger partial charge in [0.25, 0.3) is 0 Å². The summed E-state index contributed by atoms with van der Waals surface area (Å²) < 4.78 is 5.68. The monoisotopic (exact) mass is 361 g/mol.